The van der Waals surface area contributed by atoms with Crippen LogP contribution in [0.2, 0.25) is 5.02 Å². The second-order valence-corrected chi connectivity index (χ2v) is 6.15. The van der Waals surface area contributed by atoms with Gasteiger partial charge in [0.05, 0.1) is 16.8 Å². The van der Waals surface area contributed by atoms with Crippen molar-refractivity contribution in [2.45, 2.75) is 6.04 Å². The predicted molar refractivity (Wildman–Crippen MR) is 102 cm³/mol. The van der Waals surface area contributed by atoms with Gasteiger partial charge in [-0.2, -0.15) is 0 Å². The number of hydrogen-bond acceptors (Lipinski definition) is 5. The molecule has 1 aromatic carbocycles. The standard InChI is InChI=1S/C20H15ClN4O/c21-15-12-14(20(26)19-13(15)6-5-11-24-19)18(16-7-1-3-9-22-16)25-17-8-2-4-10-23-17/h1-12,18,26H,(H,23,25)/t18-/m0/s1. The fraction of sp³-hybridized carbons (Fsp3) is 0.0500. The van der Waals surface area contributed by atoms with Crippen LogP contribution in [-0.4, -0.2) is 20.1 Å². The Morgan fingerprint density at radius 2 is 1.65 bits per heavy atom. The van der Waals surface area contributed by atoms with Crippen molar-refractivity contribution in [1.82, 2.24) is 15.0 Å². The zero-order valence-corrected chi connectivity index (χ0v) is 14.4. The third kappa shape index (κ3) is 3.05. The van der Waals surface area contributed by atoms with Crippen molar-refractivity contribution >= 4 is 28.3 Å². The maximum absolute atomic E-state index is 10.9. The van der Waals surface area contributed by atoms with Crippen molar-refractivity contribution in [3.63, 3.8) is 0 Å². The van der Waals surface area contributed by atoms with Gasteiger partial charge in [0.25, 0.3) is 0 Å². The van der Waals surface area contributed by atoms with Crippen molar-refractivity contribution < 1.29 is 5.11 Å². The highest BCUT2D eigenvalue weighted by Crippen LogP contribution is 2.38. The summed E-state index contributed by atoms with van der Waals surface area (Å²) in [6, 6.07) is 16.1. The fourth-order valence-electron chi connectivity index (χ4n) is 2.88. The molecule has 0 fully saturated rings. The number of nitrogens with one attached hydrogen (secondary N) is 1. The van der Waals surface area contributed by atoms with E-state index in [1.165, 1.54) is 0 Å². The Morgan fingerprint density at radius 3 is 2.38 bits per heavy atom. The van der Waals surface area contributed by atoms with Crippen molar-refractivity contribution in [3.8, 4) is 5.75 Å². The molecule has 3 heterocycles. The van der Waals surface area contributed by atoms with E-state index in [1.54, 1.807) is 30.7 Å². The van der Waals surface area contributed by atoms with Crippen LogP contribution >= 0.6 is 11.6 Å². The molecule has 0 amide bonds. The van der Waals surface area contributed by atoms with E-state index in [9.17, 15) is 5.11 Å². The zero-order valence-electron chi connectivity index (χ0n) is 13.7. The molecule has 0 spiro atoms. The molecule has 3 aromatic heterocycles. The lowest BCUT2D eigenvalue weighted by Gasteiger charge is -2.21. The number of aromatic nitrogens is 3. The molecule has 26 heavy (non-hydrogen) atoms. The average Bonchev–Trinajstić information content (AvgIpc) is 2.71. The van der Waals surface area contributed by atoms with E-state index in [1.807, 2.05) is 42.5 Å². The van der Waals surface area contributed by atoms with Crippen LogP contribution < -0.4 is 5.32 Å². The second-order valence-electron chi connectivity index (χ2n) is 5.74. The number of benzene rings is 1. The maximum Gasteiger partial charge on any atom is 0.147 e. The van der Waals surface area contributed by atoms with E-state index in [0.29, 0.717) is 27.3 Å². The molecule has 0 radical (unpaired) electrons. The van der Waals surface area contributed by atoms with Gasteiger partial charge in [-0.1, -0.05) is 23.7 Å². The minimum Gasteiger partial charge on any atom is -0.505 e. The highest BCUT2D eigenvalue weighted by atomic mass is 35.5. The Labute approximate surface area is 155 Å². The molecule has 0 aliphatic carbocycles. The molecule has 0 saturated carbocycles. The molecule has 1 atom stereocenters. The summed E-state index contributed by atoms with van der Waals surface area (Å²) in [6.45, 7) is 0. The van der Waals surface area contributed by atoms with Crippen LogP contribution in [0, 0.1) is 0 Å². The van der Waals surface area contributed by atoms with E-state index in [2.05, 4.69) is 20.3 Å². The Kier molecular flexibility index (Phi) is 4.37. The normalized spacial score (nSPS) is 12.0. The molecule has 0 bridgehead atoms. The number of anilines is 1. The molecule has 2 N–H and O–H groups in total. The van der Waals surface area contributed by atoms with Gasteiger partial charge in [-0.05, 0) is 42.5 Å². The number of phenolic OH excluding ortho intramolecular Hbond substituents is 1. The third-order valence-electron chi connectivity index (χ3n) is 4.10. The zero-order chi connectivity index (χ0) is 17.9. The summed E-state index contributed by atoms with van der Waals surface area (Å²) in [5.74, 6) is 0.740. The molecule has 0 saturated heterocycles. The van der Waals surface area contributed by atoms with E-state index < -0.39 is 6.04 Å². The summed E-state index contributed by atoms with van der Waals surface area (Å²) in [6.07, 6.45) is 5.04. The van der Waals surface area contributed by atoms with Crippen LogP contribution in [0.3, 0.4) is 0 Å². The van der Waals surface area contributed by atoms with Gasteiger partial charge in [0.2, 0.25) is 0 Å². The van der Waals surface area contributed by atoms with Gasteiger partial charge in [-0.25, -0.2) is 4.98 Å². The number of aromatic hydroxyl groups is 1. The molecule has 128 valence electrons. The lowest BCUT2D eigenvalue weighted by Crippen LogP contribution is -2.15. The minimum absolute atomic E-state index is 0.0732. The van der Waals surface area contributed by atoms with Crippen molar-refractivity contribution in [1.29, 1.82) is 0 Å². The maximum atomic E-state index is 10.9. The summed E-state index contributed by atoms with van der Waals surface area (Å²) in [4.78, 5) is 13.0. The average molecular weight is 363 g/mol. The van der Waals surface area contributed by atoms with E-state index in [4.69, 9.17) is 11.6 Å². The molecule has 4 aromatic rings. The monoisotopic (exact) mass is 362 g/mol. The third-order valence-corrected chi connectivity index (χ3v) is 4.41. The highest BCUT2D eigenvalue weighted by Gasteiger charge is 2.22. The number of rotatable bonds is 4. The number of nitrogens with zero attached hydrogens (tertiary/aromatic N) is 3. The molecule has 0 aliphatic rings. The topological polar surface area (TPSA) is 70.9 Å². The fourth-order valence-corrected chi connectivity index (χ4v) is 3.15. The summed E-state index contributed by atoms with van der Waals surface area (Å²) < 4.78 is 0. The first-order chi connectivity index (χ1) is 12.7. The number of phenols is 1. The first-order valence-electron chi connectivity index (χ1n) is 8.08. The first-order valence-corrected chi connectivity index (χ1v) is 8.46. The van der Waals surface area contributed by atoms with Gasteiger partial charge in [-0.15, -0.1) is 0 Å². The van der Waals surface area contributed by atoms with Crippen LogP contribution in [0.15, 0.2) is 73.2 Å². The summed E-state index contributed by atoms with van der Waals surface area (Å²) >= 11 is 6.45. The van der Waals surface area contributed by atoms with Crippen LogP contribution in [0.25, 0.3) is 10.9 Å². The SMILES string of the molecule is Oc1c([C@H](Nc2ccccn2)c2ccccn2)cc(Cl)c2cccnc12. The second kappa shape index (κ2) is 6.98. The predicted octanol–water partition coefficient (Wildman–Crippen LogP) is 4.59. The Hall–Kier alpha value is -3.18. The van der Waals surface area contributed by atoms with Crippen molar-refractivity contribution in [2.75, 3.05) is 5.32 Å². The van der Waals surface area contributed by atoms with Gasteiger partial charge < -0.3 is 10.4 Å². The lowest BCUT2D eigenvalue weighted by molar-refractivity contribution is 0.471. The first kappa shape index (κ1) is 16.3. The van der Waals surface area contributed by atoms with Crippen molar-refractivity contribution in [2.24, 2.45) is 0 Å². The highest BCUT2D eigenvalue weighted by molar-refractivity contribution is 6.35. The van der Waals surface area contributed by atoms with Crippen LogP contribution in [0.5, 0.6) is 5.75 Å². The van der Waals surface area contributed by atoms with Crippen LogP contribution in [0.1, 0.15) is 17.3 Å². The molecular weight excluding hydrogens is 348 g/mol. The number of pyridine rings is 3. The number of hydrogen-bond donors (Lipinski definition) is 2. The lowest BCUT2D eigenvalue weighted by atomic mass is 9.99. The van der Waals surface area contributed by atoms with E-state index in [0.717, 1.165) is 5.69 Å². The Bertz CT molecular complexity index is 1040. The van der Waals surface area contributed by atoms with Gasteiger partial charge in [-0.3, -0.25) is 9.97 Å². The molecular formula is C20H15ClN4O. The summed E-state index contributed by atoms with van der Waals surface area (Å²) in [7, 11) is 0. The van der Waals surface area contributed by atoms with Gasteiger partial charge in [0.1, 0.15) is 17.1 Å². The van der Waals surface area contributed by atoms with E-state index >= 15 is 0 Å². The largest absolute Gasteiger partial charge is 0.505 e. The number of halogens is 1. The molecule has 0 aliphatic heterocycles. The Balaban J connectivity index is 1.89. The van der Waals surface area contributed by atoms with Crippen molar-refractivity contribution in [3.05, 3.63) is 89.5 Å². The van der Waals surface area contributed by atoms with E-state index in [-0.39, 0.29) is 5.75 Å². The molecule has 4 rings (SSSR count). The number of fused-ring (bicyclic) bond motifs is 1. The van der Waals surface area contributed by atoms with Gasteiger partial charge in [0.15, 0.2) is 0 Å². The molecule has 5 nitrogen and oxygen atoms in total. The van der Waals surface area contributed by atoms with Gasteiger partial charge >= 0.3 is 0 Å². The molecule has 6 heteroatoms. The Morgan fingerprint density at radius 1 is 0.885 bits per heavy atom. The minimum atomic E-state index is -0.435. The van der Waals surface area contributed by atoms with Gasteiger partial charge in [0, 0.05) is 29.5 Å². The quantitative estimate of drug-likeness (QED) is 0.555. The van der Waals surface area contributed by atoms with Crippen LogP contribution in [0.4, 0.5) is 5.82 Å². The summed E-state index contributed by atoms with van der Waals surface area (Å²) in [5, 5.41) is 15.4. The van der Waals surface area contributed by atoms with Crippen LogP contribution in [-0.2, 0) is 0 Å². The molecule has 0 unspecified atom stereocenters. The summed E-state index contributed by atoms with van der Waals surface area (Å²) in [5.41, 5.74) is 1.78. The smallest absolute Gasteiger partial charge is 0.147 e.